The fraction of sp³-hybridized carbons (Fsp3) is 0.143. The summed E-state index contributed by atoms with van der Waals surface area (Å²) in [6.45, 7) is 0. The van der Waals surface area contributed by atoms with Crippen molar-refractivity contribution in [2.45, 2.75) is 6.42 Å². The molecule has 2 rings (SSSR count). The van der Waals surface area contributed by atoms with E-state index in [9.17, 15) is 4.79 Å². The van der Waals surface area contributed by atoms with Crippen molar-refractivity contribution in [1.29, 1.82) is 0 Å². The number of ether oxygens (including phenoxy) is 1. The van der Waals surface area contributed by atoms with E-state index in [1.807, 2.05) is 24.3 Å². The van der Waals surface area contributed by atoms with E-state index in [-0.39, 0.29) is 12.3 Å². The van der Waals surface area contributed by atoms with Crippen LogP contribution in [0, 0.1) is 0 Å². The maximum Gasteiger partial charge on any atom is 0.244 e. The Morgan fingerprint density at radius 3 is 2.70 bits per heavy atom. The van der Waals surface area contributed by atoms with E-state index in [2.05, 4.69) is 26.5 Å². The first-order valence-electron chi connectivity index (χ1n) is 5.87. The van der Waals surface area contributed by atoms with E-state index < -0.39 is 0 Å². The minimum absolute atomic E-state index is 0.197. The summed E-state index contributed by atoms with van der Waals surface area (Å²) in [7, 11) is 1.60. The summed E-state index contributed by atoms with van der Waals surface area (Å²) in [6.07, 6.45) is 1.69. The van der Waals surface area contributed by atoms with Crippen LogP contribution in [0.1, 0.15) is 11.3 Å². The third-order valence-electron chi connectivity index (χ3n) is 2.50. The van der Waals surface area contributed by atoms with Crippen molar-refractivity contribution in [2.24, 2.45) is 5.10 Å². The van der Waals surface area contributed by atoms with Gasteiger partial charge in [-0.3, -0.25) is 4.79 Å². The predicted molar refractivity (Wildman–Crippen MR) is 78.8 cm³/mol. The van der Waals surface area contributed by atoms with Crippen LogP contribution in [0.15, 0.2) is 50.6 Å². The van der Waals surface area contributed by atoms with E-state index in [4.69, 9.17) is 9.15 Å². The summed E-state index contributed by atoms with van der Waals surface area (Å²) in [5.41, 5.74) is 3.33. The van der Waals surface area contributed by atoms with Gasteiger partial charge in [0.05, 0.1) is 19.7 Å². The van der Waals surface area contributed by atoms with Gasteiger partial charge in [-0.1, -0.05) is 12.1 Å². The van der Waals surface area contributed by atoms with Crippen molar-refractivity contribution in [1.82, 2.24) is 5.43 Å². The first-order chi connectivity index (χ1) is 9.67. The van der Waals surface area contributed by atoms with Gasteiger partial charge in [0.15, 0.2) is 4.67 Å². The maximum absolute atomic E-state index is 11.7. The number of carbonyl (C=O) groups excluding carboxylic acids is 1. The molecule has 0 fully saturated rings. The molecule has 0 atom stereocenters. The van der Waals surface area contributed by atoms with E-state index in [0.29, 0.717) is 10.4 Å². The molecular weight excluding hydrogens is 324 g/mol. The van der Waals surface area contributed by atoms with E-state index in [1.54, 1.807) is 19.2 Å². The molecule has 0 saturated heterocycles. The molecule has 1 heterocycles. The Bertz CT molecular complexity index is 605. The van der Waals surface area contributed by atoms with Crippen LogP contribution in [-0.2, 0) is 11.2 Å². The molecule has 1 amide bonds. The van der Waals surface area contributed by atoms with Crippen molar-refractivity contribution < 1.29 is 13.9 Å². The van der Waals surface area contributed by atoms with Gasteiger partial charge in [0.2, 0.25) is 5.91 Å². The molecule has 0 aliphatic heterocycles. The molecular formula is C14H13BrN2O3. The van der Waals surface area contributed by atoms with E-state index in [0.717, 1.165) is 11.3 Å². The highest BCUT2D eigenvalue weighted by molar-refractivity contribution is 9.10. The number of benzene rings is 1. The van der Waals surface area contributed by atoms with Crippen molar-refractivity contribution in [3.8, 4) is 5.75 Å². The molecule has 0 saturated carbocycles. The van der Waals surface area contributed by atoms with Gasteiger partial charge < -0.3 is 9.15 Å². The highest BCUT2D eigenvalue weighted by Gasteiger charge is 2.02. The topological polar surface area (TPSA) is 63.8 Å². The molecule has 1 aromatic carbocycles. The molecule has 1 aromatic heterocycles. The molecule has 0 unspecified atom stereocenters. The quantitative estimate of drug-likeness (QED) is 0.674. The number of hydrogen-bond donors (Lipinski definition) is 1. The minimum Gasteiger partial charge on any atom is -0.497 e. The van der Waals surface area contributed by atoms with Crippen LogP contribution in [-0.4, -0.2) is 19.2 Å². The average Bonchev–Trinajstić information content (AvgIpc) is 2.85. The number of carbonyl (C=O) groups is 1. The lowest BCUT2D eigenvalue weighted by atomic mass is 10.1. The second-order valence-corrected chi connectivity index (χ2v) is 4.74. The number of rotatable bonds is 5. The summed E-state index contributed by atoms with van der Waals surface area (Å²) in [6, 6.07) is 10.8. The van der Waals surface area contributed by atoms with Crippen molar-refractivity contribution in [3.63, 3.8) is 0 Å². The number of hydrogen-bond acceptors (Lipinski definition) is 4. The molecule has 0 bridgehead atoms. The smallest absolute Gasteiger partial charge is 0.244 e. The van der Waals surface area contributed by atoms with E-state index >= 15 is 0 Å². The normalized spacial score (nSPS) is 10.7. The zero-order chi connectivity index (χ0) is 14.4. The number of furan rings is 1. The number of hydrazone groups is 1. The van der Waals surface area contributed by atoms with Gasteiger partial charge in [-0.25, -0.2) is 5.43 Å². The molecule has 20 heavy (non-hydrogen) atoms. The fourth-order valence-corrected chi connectivity index (χ4v) is 1.85. The van der Waals surface area contributed by atoms with Crippen molar-refractivity contribution in [3.05, 3.63) is 52.4 Å². The summed E-state index contributed by atoms with van der Waals surface area (Å²) >= 11 is 3.18. The lowest BCUT2D eigenvalue weighted by Crippen LogP contribution is -2.19. The zero-order valence-electron chi connectivity index (χ0n) is 10.8. The Labute approximate surface area is 124 Å². The minimum atomic E-state index is -0.197. The number of nitrogens with one attached hydrogen (secondary N) is 1. The third kappa shape index (κ3) is 4.24. The molecule has 0 aliphatic rings. The number of nitrogens with zero attached hydrogens (tertiary/aromatic N) is 1. The van der Waals surface area contributed by atoms with Gasteiger partial charge in [-0.2, -0.15) is 5.10 Å². The Kier molecular flexibility index (Phi) is 4.95. The largest absolute Gasteiger partial charge is 0.497 e. The third-order valence-corrected chi connectivity index (χ3v) is 2.92. The maximum atomic E-state index is 11.7. The van der Waals surface area contributed by atoms with Gasteiger partial charge in [-0.15, -0.1) is 0 Å². The van der Waals surface area contributed by atoms with Gasteiger partial charge in [0, 0.05) is 0 Å². The lowest BCUT2D eigenvalue weighted by Gasteiger charge is -2.02. The zero-order valence-corrected chi connectivity index (χ0v) is 12.4. The van der Waals surface area contributed by atoms with Crippen LogP contribution < -0.4 is 10.2 Å². The fourth-order valence-electron chi connectivity index (χ4n) is 1.53. The molecule has 104 valence electrons. The Balaban J connectivity index is 1.84. The van der Waals surface area contributed by atoms with Crippen LogP contribution in [0.4, 0.5) is 0 Å². The summed E-state index contributed by atoms with van der Waals surface area (Å²) in [5.74, 6) is 1.12. The van der Waals surface area contributed by atoms with Gasteiger partial charge in [0.25, 0.3) is 0 Å². The van der Waals surface area contributed by atoms with Crippen LogP contribution in [0.5, 0.6) is 5.75 Å². The van der Waals surface area contributed by atoms with Crippen LogP contribution in [0.25, 0.3) is 0 Å². The van der Waals surface area contributed by atoms with Gasteiger partial charge >= 0.3 is 0 Å². The SMILES string of the molecule is COc1ccc(CC(=O)N/N=C/c2ccc(Br)o2)cc1. The second-order valence-electron chi connectivity index (χ2n) is 3.96. The second kappa shape index (κ2) is 6.91. The highest BCUT2D eigenvalue weighted by atomic mass is 79.9. The highest BCUT2D eigenvalue weighted by Crippen LogP contribution is 2.12. The number of methoxy groups -OCH3 is 1. The molecule has 5 nitrogen and oxygen atoms in total. The predicted octanol–water partition coefficient (Wildman–Crippen LogP) is 2.74. The van der Waals surface area contributed by atoms with Crippen LogP contribution in [0.2, 0.25) is 0 Å². The average molecular weight is 337 g/mol. The monoisotopic (exact) mass is 336 g/mol. The first-order valence-corrected chi connectivity index (χ1v) is 6.67. The van der Waals surface area contributed by atoms with Crippen LogP contribution in [0.3, 0.4) is 0 Å². The summed E-state index contributed by atoms with van der Waals surface area (Å²) in [4.78, 5) is 11.7. The number of amides is 1. The molecule has 1 N–H and O–H groups in total. The van der Waals surface area contributed by atoms with E-state index in [1.165, 1.54) is 6.21 Å². The number of halogens is 1. The van der Waals surface area contributed by atoms with Crippen LogP contribution >= 0.6 is 15.9 Å². The molecule has 0 aliphatic carbocycles. The Morgan fingerprint density at radius 1 is 1.35 bits per heavy atom. The molecule has 0 radical (unpaired) electrons. The van der Waals surface area contributed by atoms with Crippen molar-refractivity contribution in [2.75, 3.05) is 7.11 Å². The van der Waals surface area contributed by atoms with Gasteiger partial charge in [-0.05, 0) is 45.8 Å². The molecule has 0 spiro atoms. The molecule has 6 heteroatoms. The first kappa shape index (κ1) is 14.3. The molecule has 2 aromatic rings. The Morgan fingerprint density at radius 2 is 2.10 bits per heavy atom. The summed E-state index contributed by atoms with van der Waals surface area (Å²) in [5, 5.41) is 3.82. The van der Waals surface area contributed by atoms with Gasteiger partial charge in [0.1, 0.15) is 11.5 Å². The Hall–Kier alpha value is -2.08. The van der Waals surface area contributed by atoms with Crippen molar-refractivity contribution >= 4 is 28.1 Å². The lowest BCUT2D eigenvalue weighted by molar-refractivity contribution is -0.120. The standard InChI is InChI=1S/C14H13BrN2O3/c1-19-11-4-2-10(3-5-11)8-14(18)17-16-9-12-6-7-13(15)20-12/h2-7,9H,8H2,1H3,(H,17,18)/b16-9+. The summed E-state index contributed by atoms with van der Waals surface area (Å²) < 4.78 is 10.9.